The molecule has 12 nitrogen and oxygen atoms in total. The molecule has 0 spiro atoms. The third-order valence-corrected chi connectivity index (χ3v) is 5.11. The van der Waals surface area contributed by atoms with Crippen LogP contribution in [0.2, 0.25) is 0 Å². The number of imidazole rings is 1. The van der Waals surface area contributed by atoms with E-state index in [0.717, 1.165) is 0 Å². The van der Waals surface area contributed by atoms with Gasteiger partial charge in [-0.1, -0.05) is 17.8 Å². The number of aliphatic hydroxyl groups is 2. The zero-order chi connectivity index (χ0) is 19.8. The van der Waals surface area contributed by atoms with Gasteiger partial charge in [-0.3, -0.25) is 9.09 Å². The molecule has 3 heterocycles. The summed E-state index contributed by atoms with van der Waals surface area (Å²) in [5.74, 6) is 0.696. The second-order valence-corrected chi connectivity index (χ2v) is 7.87. The first-order valence-electron chi connectivity index (χ1n) is 7.66. The Hall–Kier alpha value is -1.57. The van der Waals surface area contributed by atoms with E-state index in [2.05, 4.69) is 26.1 Å². The summed E-state index contributed by atoms with van der Waals surface area (Å²) in [6.07, 6.45) is -2.12. The molecule has 0 aliphatic carbocycles. The molecule has 4 atom stereocenters. The Kier molecular flexibility index (Phi) is 5.84. The van der Waals surface area contributed by atoms with Crippen molar-refractivity contribution < 1.29 is 33.8 Å². The predicted molar refractivity (Wildman–Crippen MR) is 94.6 cm³/mol. The van der Waals surface area contributed by atoms with Crippen molar-refractivity contribution >= 4 is 36.6 Å². The zero-order valence-electron chi connectivity index (χ0n) is 13.8. The minimum Gasteiger partial charge on any atom is -0.387 e. The number of thioether (sulfide) groups is 1. The van der Waals surface area contributed by atoms with Gasteiger partial charge in [-0.2, -0.15) is 0 Å². The summed E-state index contributed by atoms with van der Waals surface area (Å²) >= 11 is 1.30. The molecule has 2 aromatic heterocycles. The summed E-state index contributed by atoms with van der Waals surface area (Å²) in [6, 6.07) is 0. The molecule has 3 rings (SSSR count). The van der Waals surface area contributed by atoms with E-state index in [-0.39, 0.29) is 17.0 Å². The number of aromatic nitrogens is 4. The number of hydrogen-bond acceptors (Lipinski definition) is 10. The van der Waals surface area contributed by atoms with Gasteiger partial charge in [0.25, 0.3) is 0 Å². The summed E-state index contributed by atoms with van der Waals surface area (Å²) in [5, 5.41) is 20.8. The summed E-state index contributed by atoms with van der Waals surface area (Å²) in [7, 11) is -4.75. The highest BCUT2D eigenvalue weighted by molar-refractivity contribution is 7.99. The molecule has 0 radical (unpaired) electrons. The van der Waals surface area contributed by atoms with E-state index in [4.69, 9.17) is 20.3 Å². The Labute approximate surface area is 157 Å². The van der Waals surface area contributed by atoms with Crippen LogP contribution in [-0.2, 0) is 13.8 Å². The summed E-state index contributed by atoms with van der Waals surface area (Å²) < 4.78 is 22.1. The van der Waals surface area contributed by atoms with Crippen molar-refractivity contribution in [2.45, 2.75) is 29.7 Å². The molecule has 27 heavy (non-hydrogen) atoms. The minimum atomic E-state index is -4.75. The van der Waals surface area contributed by atoms with Gasteiger partial charge in [-0.15, -0.1) is 6.58 Å². The molecule has 0 aromatic carbocycles. The fourth-order valence-corrected chi connectivity index (χ4v) is 3.49. The van der Waals surface area contributed by atoms with E-state index in [0.29, 0.717) is 10.9 Å². The second kappa shape index (κ2) is 7.81. The monoisotopic (exact) mass is 419 g/mol. The lowest BCUT2D eigenvalue weighted by atomic mass is 10.1. The number of nitrogens with two attached hydrogens (primary N) is 1. The third kappa shape index (κ3) is 4.31. The lowest BCUT2D eigenvalue weighted by Crippen LogP contribution is -2.33. The van der Waals surface area contributed by atoms with Gasteiger partial charge in [-0.05, 0) is 0 Å². The number of nitrogen functional groups attached to an aromatic ring is 1. The van der Waals surface area contributed by atoms with Gasteiger partial charge in [0, 0.05) is 5.75 Å². The number of phosphoric acid groups is 1. The van der Waals surface area contributed by atoms with Crippen LogP contribution >= 0.6 is 19.6 Å². The second-order valence-electron chi connectivity index (χ2n) is 5.65. The Morgan fingerprint density at radius 2 is 2.15 bits per heavy atom. The van der Waals surface area contributed by atoms with Crippen LogP contribution in [0.1, 0.15) is 6.23 Å². The predicted octanol–water partition coefficient (Wildman–Crippen LogP) is -0.585. The Morgan fingerprint density at radius 1 is 1.41 bits per heavy atom. The standard InChI is InChI=1S/C13H18N5O7PS/c1-2-3-27-13-16-10(14)7-11(17-13)18(5-15-7)12-9(20)8(19)6(25-12)4-24-26(21,22)23/h2,5-6,8-9,12,19-20H,1,3-4H2,(H2,14,16,17)(H2,21,22,23)/t6-,8-,9-,12-/m1/s1. The largest absolute Gasteiger partial charge is 0.469 e. The Morgan fingerprint density at radius 3 is 2.81 bits per heavy atom. The topological polar surface area (TPSA) is 186 Å². The van der Waals surface area contributed by atoms with Crippen LogP contribution in [-0.4, -0.2) is 70.2 Å². The molecular weight excluding hydrogens is 401 g/mol. The number of hydrogen-bond donors (Lipinski definition) is 5. The van der Waals surface area contributed by atoms with E-state index in [9.17, 15) is 14.8 Å². The van der Waals surface area contributed by atoms with Crippen LogP contribution in [0.3, 0.4) is 0 Å². The number of nitrogens with zero attached hydrogens (tertiary/aromatic N) is 4. The molecule has 0 saturated carbocycles. The number of anilines is 1. The molecule has 1 fully saturated rings. The fraction of sp³-hybridized carbons (Fsp3) is 0.462. The lowest BCUT2D eigenvalue weighted by Gasteiger charge is -2.16. The van der Waals surface area contributed by atoms with Gasteiger partial charge >= 0.3 is 7.82 Å². The maximum atomic E-state index is 10.8. The number of ether oxygens (including phenoxy) is 1. The maximum Gasteiger partial charge on any atom is 0.469 e. The lowest BCUT2D eigenvalue weighted by molar-refractivity contribution is -0.0504. The van der Waals surface area contributed by atoms with E-state index in [1.54, 1.807) is 6.08 Å². The number of rotatable bonds is 7. The molecular formula is C13H18N5O7PS. The Balaban J connectivity index is 1.89. The molecule has 6 N–H and O–H groups in total. The number of fused-ring (bicyclic) bond motifs is 1. The number of phosphoric ester groups is 1. The summed E-state index contributed by atoms with van der Waals surface area (Å²) in [4.78, 5) is 30.2. The van der Waals surface area contributed by atoms with Gasteiger partial charge in [0.2, 0.25) is 0 Å². The molecule has 1 aliphatic rings. The van der Waals surface area contributed by atoms with Crippen LogP contribution in [0.15, 0.2) is 24.1 Å². The fourth-order valence-electron chi connectivity index (χ4n) is 2.57. The molecule has 14 heteroatoms. The zero-order valence-corrected chi connectivity index (χ0v) is 15.5. The average molecular weight is 419 g/mol. The van der Waals surface area contributed by atoms with Gasteiger partial charge in [0.15, 0.2) is 22.8 Å². The highest BCUT2D eigenvalue weighted by atomic mass is 32.2. The molecule has 0 bridgehead atoms. The summed E-state index contributed by atoms with van der Waals surface area (Å²) in [5.41, 5.74) is 6.47. The van der Waals surface area contributed by atoms with Crippen LogP contribution in [0.4, 0.5) is 5.82 Å². The SMILES string of the molecule is C=CCSc1nc(N)c2ncn([C@@H]3O[C@H](COP(=O)(O)O)[C@@H](O)[C@H]3O)c2n1. The van der Waals surface area contributed by atoms with E-state index < -0.39 is 39.0 Å². The summed E-state index contributed by atoms with van der Waals surface area (Å²) in [6.45, 7) is 3.01. The molecule has 1 aliphatic heterocycles. The van der Waals surface area contributed by atoms with Crippen LogP contribution < -0.4 is 5.73 Å². The minimum absolute atomic E-state index is 0.139. The van der Waals surface area contributed by atoms with Crippen molar-refractivity contribution in [3.63, 3.8) is 0 Å². The third-order valence-electron chi connectivity index (χ3n) is 3.78. The van der Waals surface area contributed by atoms with Crippen LogP contribution in [0.25, 0.3) is 11.2 Å². The van der Waals surface area contributed by atoms with Crippen LogP contribution in [0.5, 0.6) is 0 Å². The van der Waals surface area contributed by atoms with Crippen molar-refractivity contribution in [1.29, 1.82) is 0 Å². The maximum absolute atomic E-state index is 10.8. The highest BCUT2D eigenvalue weighted by Gasteiger charge is 2.45. The van der Waals surface area contributed by atoms with Crippen molar-refractivity contribution in [2.75, 3.05) is 18.1 Å². The molecule has 0 amide bonds. The van der Waals surface area contributed by atoms with Gasteiger partial charge in [0.1, 0.15) is 23.8 Å². The van der Waals surface area contributed by atoms with Crippen molar-refractivity contribution in [2.24, 2.45) is 0 Å². The van der Waals surface area contributed by atoms with E-state index in [1.165, 1.54) is 22.7 Å². The van der Waals surface area contributed by atoms with Crippen molar-refractivity contribution in [3.05, 3.63) is 19.0 Å². The number of aliphatic hydroxyl groups excluding tert-OH is 2. The van der Waals surface area contributed by atoms with Gasteiger partial charge in [-0.25, -0.2) is 19.5 Å². The first-order valence-corrected chi connectivity index (χ1v) is 10.2. The first kappa shape index (κ1) is 20.2. The normalized spacial score (nSPS) is 25.9. The van der Waals surface area contributed by atoms with Gasteiger partial charge in [0.05, 0.1) is 12.9 Å². The highest BCUT2D eigenvalue weighted by Crippen LogP contribution is 2.39. The van der Waals surface area contributed by atoms with Crippen molar-refractivity contribution in [3.8, 4) is 0 Å². The van der Waals surface area contributed by atoms with Crippen LogP contribution in [0, 0.1) is 0 Å². The average Bonchev–Trinajstić information content (AvgIpc) is 3.13. The van der Waals surface area contributed by atoms with Gasteiger partial charge < -0.3 is 30.5 Å². The van der Waals surface area contributed by atoms with E-state index in [1.807, 2.05) is 0 Å². The smallest absolute Gasteiger partial charge is 0.387 e. The van der Waals surface area contributed by atoms with Crippen molar-refractivity contribution in [1.82, 2.24) is 19.5 Å². The molecule has 148 valence electrons. The first-order chi connectivity index (χ1) is 12.7. The quantitative estimate of drug-likeness (QED) is 0.166. The van der Waals surface area contributed by atoms with E-state index >= 15 is 0 Å². The Bertz CT molecular complexity index is 889. The molecule has 2 aromatic rings. The molecule has 0 unspecified atom stereocenters. The molecule has 1 saturated heterocycles.